The molecule has 2 atom stereocenters. The van der Waals surface area contributed by atoms with Gasteiger partial charge in [0, 0.05) is 0 Å². The number of carbonyl (C=O) groups is 2. The number of aliphatic carboxylic acids is 1. The molecule has 2 rings (SSSR count). The molecule has 2 unspecified atom stereocenters. The fourth-order valence-corrected chi connectivity index (χ4v) is 1.95. The molecular weight excluding hydrogens is 276 g/mol. The normalized spacial score (nSPS) is 21.1. The van der Waals surface area contributed by atoms with Crippen molar-refractivity contribution in [2.45, 2.75) is 32.0 Å². The van der Waals surface area contributed by atoms with Crippen molar-refractivity contribution < 1.29 is 53.4 Å². The van der Waals surface area contributed by atoms with Gasteiger partial charge < -0.3 is 20.0 Å². The summed E-state index contributed by atoms with van der Waals surface area (Å²) in [5.74, 6) is -2.43. The average Bonchev–Trinajstić information content (AvgIpc) is 2.83. The standard InChI is InChI=1S/C13H14FNO4.Na/c1-7-2-3-8(14)9(6-7)15-12(16)10-4-5-11(19-10)13(17)18;/h2-3,6,10-11H,4-5H2,1H3,(H,15,16)(H,17,18);/q;+1/p-1. The van der Waals surface area contributed by atoms with Crippen LogP contribution in [0.5, 0.6) is 0 Å². The van der Waals surface area contributed by atoms with Crippen LogP contribution in [0.3, 0.4) is 0 Å². The van der Waals surface area contributed by atoms with Crippen molar-refractivity contribution in [3.05, 3.63) is 29.6 Å². The van der Waals surface area contributed by atoms with Gasteiger partial charge in [0.2, 0.25) is 0 Å². The number of aryl methyl sites for hydroxylation is 1. The molecule has 1 fully saturated rings. The second-order valence-electron chi connectivity index (χ2n) is 4.48. The smallest absolute Gasteiger partial charge is 0.547 e. The Morgan fingerprint density at radius 1 is 1.35 bits per heavy atom. The Balaban J connectivity index is 0.00000200. The van der Waals surface area contributed by atoms with Gasteiger partial charge in [0.1, 0.15) is 11.9 Å². The minimum Gasteiger partial charge on any atom is -0.547 e. The molecule has 1 aliphatic heterocycles. The maximum absolute atomic E-state index is 13.5. The van der Waals surface area contributed by atoms with Gasteiger partial charge in [0.25, 0.3) is 5.91 Å². The summed E-state index contributed by atoms with van der Waals surface area (Å²) in [6.07, 6.45) is -1.46. The molecule has 1 N–H and O–H groups in total. The third-order valence-electron chi connectivity index (χ3n) is 2.95. The van der Waals surface area contributed by atoms with Crippen LogP contribution in [0.2, 0.25) is 0 Å². The molecule has 102 valence electrons. The molecular formula is C13H13FNNaO4. The molecule has 20 heavy (non-hydrogen) atoms. The van der Waals surface area contributed by atoms with Gasteiger partial charge >= 0.3 is 29.6 Å². The predicted molar refractivity (Wildman–Crippen MR) is 62.7 cm³/mol. The average molecular weight is 289 g/mol. The first kappa shape index (κ1) is 17.1. The van der Waals surface area contributed by atoms with E-state index in [0.29, 0.717) is 0 Å². The molecule has 1 saturated heterocycles. The van der Waals surface area contributed by atoms with Crippen LogP contribution in [-0.2, 0) is 14.3 Å². The number of anilines is 1. The molecule has 1 aliphatic rings. The number of ether oxygens (including phenoxy) is 1. The number of nitrogens with one attached hydrogen (secondary N) is 1. The number of rotatable bonds is 3. The third-order valence-corrected chi connectivity index (χ3v) is 2.95. The van der Waals surface area contributed by atoms with E-state index in [4.69, 9.17) is 4.74 Å². The maximum atomic E-state index is 13.5. The van der Waals surface area contributed by atoms with Crippen molar-refractivity contribution in [2.24, 2.45) is 0 Å². The van der Waals surface area contributed by atoms with E-state index < -0.39 is 29.9 Å². The Labute approximate surface area is 137 Å². The number of carboxylic acids is 1. The van der Waals surface area contributed by atoms with Gasteiger partial charge in [0.05, 0.1) is 17.8 Å². The maximum Gasteiger partial charge on any atom is 1.00 e. The number of halogens is 1. The molecule has 0 radical (unpaired) electrons. The Kier molecular flexibility index (Phi) is 6.13. The van der Waals surface area contributed by atoms with Crippen molar-refractivity contribution >= 4 is 17.6 Å². The van der Waals surface area contributed by atoms with Gasteiger partial charge in [-0.2, -0.15) is 0 Å². The van der Waals surface area contributed by atoms with Crippen LogP contribution in [0.25, 0.3) is 0 Å². The van der Waals surface area contributed by atoms with Crippen molar-refractivity contribution in [1.29, 1.82) is 0 Å². The van der Waals surface area contributed by atoms with Crippen molar-refractivity contribution in [2.75, 3.05) is 5.32 Å². The molecule has 0 saturated carbocycles. The second-order valence-corrected chi connectivity index (χ2v) is 4.48. The number of carbonyl (C=O) groups excluding carboxylic acids is 2. The summed E-state index contributed by atoms with van der Waals surface area (Å²) in [5.41, 5.74) is 0.863. The summed E-state index contributed by atoms with van der Waals surface area (Å²) in [7, 11) is 0. The third kappa shape index (κ3) is 4.02. The van der Waals surface area contributed by atoms with E-state index >= 15 is 0 Å². The summed E-state index contributed by atoms with van der Waals surface area (Å²) in [4.78, 5) is 22.4. The molecule has 0 bridgehead atoms. The number of hydrogen-bond donors (Lipinski definition) is 1. The Hall–Kier alpha value is -0.950. The van der Waals surface area contributed by atoms with Crippen molar-refractivity contribution in [3.63, 3.8) is 0 Å². The quantitative estimate of drug-likeness (QED) is 0.618. The van der Waals surface area contributed by atoms with Gasteiger partial charge in [-0.05, 0) is 37.5 Å². The van der Waals surface area contributed by atoms with Gasteiger partial charge in [-0.25, -0.2) is 4.39 Å². The molecule has 5 nitrogen and oxygen atoms in total. The van der Waals surface area contributed by atoms with E-state index in [1.165, 1.54) is 12.1 Å². The molecule has 1 aromatic carbocycles. The first-order valence-electron chi connectivity index (χ1n) is 5.90. The minimum absolute atomic E-state index is 0. The van der Waals surface area contributed by atoms with E-state index in [0.717, 1.165) is 5.56 Å². The SMILES string of the molecule is Cc1ccc(F)c(NC(=O)C2CCC(C(=O)[O-])O2)c1.[Na+]. The zero-order valence-electron chi connectivity index (χ0n) is 11.3. The van der Waals surface area contributed by atoms with Crippen LogP contribution >= 0.6 is 0 Å². The number of amides is 1. The monoisotopic (exact) mass is 289 g/mol. The summed E-state index contributed by atoms with van der Waals surface area (Å²) in [5, 5.41) is 13.0. The zero-order valence-corrected chi connectivity index (χ0v) is 13.3. The van der Waals surface area contributed by atoms with E-state index in [1.807, 2.05) is 0 Å². The van der Waals surface area contributed by atoms with Gasteiger partial charge in [0.15, 0.2) is 0 Å². The van der Waals surface area contributed by atoms with Gasteiger partial charge in [-0.15, -0.1) is 0 Å². The number of carboxylic acid groups (broad SMARTS) is 1. The molecule has 7 heteroatoms. The minimum atomic E-state index is -1.34. The van der Waals surface area contributed by atoms with E-state index in [-0.39, 0.29) is 48.1 Å². The van der Waals surface area contributed by atoms with Gasteiger partial charge in [-0.1, -0.05) is 6.07 Å². The van der Waals surface area contributed by atoms with Crippen molar-refractivity contribution in [3.8, 4) is 0 Å². The van der Waals surface area contributed by atoms with Crippen LogP contribution < -0.4 is 40.0 Å². The topological polar surface area (TPSA) is 78.5 Å². The van der Waals surface area contributed by atoms with E-state index in [2.05, 4.69) is 5.32 Å². The molecule has 0 spiro atoms. The Bertz CT molecular complexity index is 523. The first-order chi connectivity index (χ1) is 8.97. The largest absolute Gasteiger partial charge is 1.00 e. The summed E-state index contributed by atoms with van der Waals surface area (Å²) < 4.78 is 18.5. The van der Waals surface area contributed by atoms with Gasteiger partial charge in [-0.3, -0.25) is 4.79 Å². The van der Waals surface area contributed by atoms with Crippen LogP contribution in [0.4, 0.5) is 10.1 Å². The summed E-state index contributed by atoms with van der Waals surface area (Å²) in [6, 6.07) is 4.34. The predicted octanol–water partition coefficient (Wildman–Crippen LogP) is -2.63. The van der Waals surface area contributed by atoms with E-state index in [9.17, 15) is 19.1 Å². The van der Waals surface area contributed by atoms with Crippen LogP contribution in [0.15, 0.2) is 18.2 Å². The molecule has 0 aromatic heterocycles. The van der Waals surface area contributed by atoms with Crippen LogP contribution in [0, 0.1) is 12.7 Å². The second kappa shape index (κ2) is 7.17. The first-order valence-corrected chi connectivity index (χ1v) is 5.90. The zero-order chi connectivity index (χ0) is 14.0. The number of benzene rings is 1. The molecule has 1 amide bonds. The number of hydrogen-bond acceptors (Lipinski definition) is 4. The fourth-order valence-electron chi connectivity index (χ4n) is 1.95. The fraction of sp³-hybridized carbons (Fsp3) is 0.385. The molecule has 1 heterocycles. The summed E-state index contributed by atoms with van der Waals surface area (Å²) in [6.45, 7) is 1.77. The molecule has 0 aliphatic carbocycles. The van der Waals surface area contributed by atoms with Crippen molar-refractivity contribution in [1.82, 2.24) is 0 Å². The van der Waals surface area contributed by atoms with Crippen LogP contribution in [0.1, 0.15) is 18.4 Å². The van der Waals surface area contributed by atoms with E-state index in [1.54, 1.807) is 13.0 Å². The molecule has 1 aromatic rings. The Morgan fingerprint density at radius 3 is 2.60 bits per heavy atom. The summed E-state index contributed by atoms with van der Waals surface area (Å²) >= 11 is 0. The van der Waals surface area contributed by atoms with Crippen LogP contribution in [-0.4, -0.2) is 24.1 Å². The Morgan fingerprint density at radius 2 is 2.00 bits per heavy atom.